The Balaban J connectivity index is 2.57. The molecule has 0 spiro atoms. The highest BCUT2D eigenvalue weighted by Crippen LogP contribution is 2.30. The molecule has 1 aliphatic rings. The summed E-state index contributed by atoms with van der Waals surface area (Å²) >= 11 is 0. The predicted molar refractivity (Wildman–Crippen MR) is 165 cm³/mol. The topological polar surface area (TPSA) is 87.7 Å². The molecule has 2 rings (SSSR count). The molecule has 7 heteroatoms. The molecule has 0 bridgehead atoms. The van der Waals surface area contributed by atoms with Crippen molar-refractivity contribution in [1.82, 2.24) is 15.5 Å². The van der Waals surface area contributed by atoms with E-state index in [0.717, 1.165) is 38.5 Å². The van der Waals surface area contributed by atoms with Crippen LogP contribution in [0, 0.1) is 24.2 Å². The van der Waals surface area contributed by atoms with Crippen molar-refractivity contribution >= 4 is 17.9 Å². The van der Waals surface area contributed by atoms with Gasteiger partial charge in [0.25, 0.3) is 0 Å². The fraction of sp³-hybridized carbons (Fsp3) is 0.676. The molecule has 41 heavy (non-hydrogen) atoms. The molecule has 3 atom stereocenters. The molecular formula is C34H53N3O4. The van der Waals surface area contributed by atoms with E-state index in [2.05, 4.69) is 30.4 Å². The average molecular weight is 568 g/mol. The monoisotopic (exact) mass is 567 g/mol. The molecule has 7 nitrogen and oxygen atoms in total. The van der Waals surface area contributed by atoms with E-state index in [9.17, 15) is 14.4 Å². The zero-order valence-electron chi connectivity index (χ0n) is 26.6. The summed E-state index contributed by atoms with van der Waals surface area (Å²) in [6, 6.07) is 5.41. The molecule has 0 aromatic heterocycles. The Morgan fingerprint density at radius 2 is 1.59 bits per heavy atom. The summed E-state index contributed by atoms with van der Waals surface area (Å²) in [7, 11) is 0. The third-order valence-corrected chi connectivity index (χ3v) is 7.46. The van der Waals surface area contributed by atoms with Gasteiger partial charge < -0.3 is 20.3 Å². The number of alkyl carbamates (subject to hydrolysis) is 1. The maximum atomic E-state index is 14.5. The van der Waals surface area contributed by atoms with Crippen molar-refractivity contribution in [3.05, 3.63) is 35.4 Å². The van der Waals surface area contributed by atoms with Crippen molar-refractivity contribution in [2.45, 2.75) is 137 Å². The highest BCUT2D eigenvalue weighted by Gasteiger charge is 2.39. The van der Waals surface area contributed by atoms with Crippen molar-refractivity contribution in [1.29, 1.82) is 0 Å². The van der Waals surface area contributed by atoms with E-state index >= 15 is 0 Å². The summed E-state index contributed by atoms with van der Waals surface area (Å²) in [6.45, 7) is 15.7. The summed E-state index contributed by atoms with van der Waals surface area (Å²) < 4.78 is 5.52. The number of terminal acetylenes is 1. The zero-order valence-corrected chi connectivity index (χ0v) is 26.6. The fourth-order valence-electron chi connectivity index (χ4n) is 5.36. The van der Waals surface area contributed by atoms with Gasteiger partial charge in [-0.25, -0.2) is 4.79 Å². The first-order valence-corrected chi connectivity index (χ1v) is 15.4. The Labute approximate surface area is 248 Å². The number of nitrogens with one attached hydrogen (secondary N) is 2. The van der Waals surface area contributed by atoms with Crippen LogP contribution >= 0.6 is 0 Å². The first kappa shape index (κ1) is 34.2. The lowest BCUT2D eigenvalue weighted by molar-refractivity contribution is -0.146. The highest BCUT2D eigenvalue weighted by molar-refractivity contribution is 5.92. The van der Waals surface area contributed by atoms with E-state index in [1.54, 1.807) is 25.7 Å². The second-order valence-corrected chi connectivity index (χ2v) is 13.4. The lowest BCUT2D eigenvalue weighted by Gasteiger charge is -2.40. The van der Waals surface area contributed by atoms with Crippen LogP contribution in [0.15, 0.2) is 24.3 Å². The Kier molecular flexibility index (Phi) is 13.2. The third-order valence-electron chi connectivity index (χ3n) is 7.46. The minimum absolute atomic E-state index is 0.0815. The van der Waals surface area contributed by atoms with E-state index in [4.69, 9.17) is 11.2 Å². The van der Waals surface area contributed by atoms with Crippen molar-refractivity contribution in [3.8, 4) is 12.3 Å². The molecule has 0 saturated heterocycles. The largest absolute Gasteiger partial charge is 0.444 e. The Morgan fingerprint density at radius 3 is 2.10 bits per heavy atom. The molecule has 1 saturated carbocycles. The smallest absolute Gasteiger partial charge is 0.408 e. The number of hydrogen-bond donors (Lipinski definition) is 2. The quantitative estimate of drug-likeness (QED) is 0.274. The average Bonchev–Trinajstić information content (AvgIpc) is 2.88. The molecule has 0 aliphatic heterocycles. The van der Waals surface area contributed by atoms with E-state index in [0.29, 0.717) is 23.5 Å². The van der Waals surface area contributed by atoms with Crippen LogP contribution in [0.2, 0.25) is 0 Å². The van der Waals surface area contributed by atoms with Crippen LogP contribution in [0.3, 0.4) is 0 Å². The minimum Gasteiger partial charge on any atom is -0.444 e. The summed E-state index contributed by atoms with van der Waals surface area (Å²) in [4.78, 5) is 43.3. The van der Waals surface area contributed by atoms with Crippen molar-refractivity contribution < 1.29 is 19.1 Å². The van der Waals surface area contributed by atoms with Crippen LogP contribution in [0.5, 0.6) is 0 Å². The summed E-state index contributed by atoms with van der Waals surface area (Å²) in [5, 5.41) is 6.11. The van der Waals surface area contributed by atoms with Gasteiger partial charge in [-0.05, 0) is 89.3 Å². The number of amides is 3. The highest BCUT2D eigenvalue weighted by atomic mass is 16.6. The van der Waals surface area contributed by atoms with Gasteiger partial charge in [0.15, 0.2) is 0 Å². The Bertz CT molecular complexity index is 1030. The van der Waals surface area contributed by atoms with Gasteiger partial charge in [-0.2, -0.15) is 0 Å². The van der Waals surface area contributed by atoms with Gasteiger partial charge in [0, 0.05) is 17.6 Å². The number of rotatable bonds is 12. The van der Waals surface area contributed by atoms with Gasteiger partial charge in [0.1, 0.15) is 17.7 Å². The molecule has 0 heterocycles. The summed E-state index contributed by atoms with van der Waals surface area (Å²) in [5.41, 5.74) is 0.693. The van der Waals surface area contributed by atoms with E-state index in [-0.39, 0.29) is 29.8 Å². The van der Waals surface area contributed by atoms with E-state index < -0.39 is 23.8 Å². The number of benzene rings is 1. The van der Waals surface area contributed by atoms with Crippen LogP contribution in [-0.2, 0) is 14.3 Å². The minimum atomic E-state index is -0.867. The zero-order chi connectivity index (χ0) is 30.7. The van der Waals surface area contributed by atoms with Crippen LogP contribution in [-0.4, -0.2) is 46.5 Å². The van der Waals surface area contributed by atoms with Crippen LogP contribution in [0.1, 0.15) is 124 Å². The number of ether oxygens (including phenoxy) is 1. The second kappa shape index (κ2) is 15.8. The molecular weight excluding hydrogens is 514 g/mol. The lowest BCUT2D eigenvalue weighted by atomic mass is 9.93. The molecule has 1 aromatic rings. The molecule has 1 aliphatic carbocycles. The number of carbonyl (C=O) groups is 3. The Morgan fingerprint density at radius 1 is 0.976 bits per heavy atom. The maximum absolute atomic E-state index is 14.5. The van der Waals surface area contributed by atoms with Gasteiger partial charge in [-0.1, -0.05) is 65.0 Å². The van der Waals surface area contributed by atoms with Crippen LogP contribution < -0.4 is 10.6 Å². The number of carbonyl (C=O) groups excluding carboxylic acids is 3. The number of hydrogen-bond acceptors (Lipinski definition) is 4. The molecule has 3 unspecified atom stereocenters. The third kappa shape index (κ3) is 11.4. The van der Waals surface area contributed by atoms with Crippen molar-refractivity contribution in [2.75, 3.05) is 0 Å². The van der Waals surface area contributed by atoms with E-state index in [1.807, 2.05) is 45.0 Å². The van der Waals surface area contributed by atoms with Crippen LogP contribution in [0.4, 0.5) is 4.79 Å². The fourth-order valence-corrected chi connectivity index (χ4v) is 5.36. The lowest BCUT2D eigenvalue weighted by Crippen LogP contribution is -2.56. The molecule has 1 aromatic carbocycles. The van der Waals surface area contributed by atoms with Crippen molar-refractivity contribution in [2.24, 2.45) is 11.8 Å². The molecule has 2 N–H and O–H groups in total. The van der Waals surface area contributed by atoms with E-state index in [1.165, 1.54) is 6.42 Å². The predicted octanol–water partition coefficient (Wildman–Crippen LogP) is 6.75. The summed E-state index contributed by atoms with van der Waals surface area (Å²) in [6.07, 6.45) is 12.2. The molecule has 228 valence electrons. The number of nitrogens with zero attached hydrogens (tertiary/aromatic N) is 1. The Hall–Kier alpha value is -3.01. The van der Waals surface area contributed by atoms with Gasteiger partial charge in [0.2, 0.25) is 11.8 Å². The molecule has 1 fully saturated rings. The summed E-state index contributed by atoms with van der Waals surface area (Å²) in [5.74, 6) is 2.70. The normalized spacial score (nSPS) is 16.4. The molecule has 3 amide bonds. The SMILES string of the molecule is C#Cc1ccc(C(C(=O)NC2CCCCC2)N(C(=O)C(CC(C)C)NC(=O)OC(C)(C)C)C(C)CCC(C)C)cc1. The van der Waals surface area contributed by atoms with Gasteiger partial charge in [-0.3, -0.25) is 9.59 Å². The maximum Gasteiger partial charge on any atom is 0.408 e. The second-order valence-electron chi connectivity index (χ2n) is 13.4. The molecule has 0 radical (unpaired) electrons. The van der Waals surface area contributed by atoms with Crippen LogP contribution in [0.25, 0.3) is 0 Å². The first-order chi connectivity index (χ1) is 19.2. The van der Waals surface area contributed by atoms with Gasteiger partial charge in [-0.15, -0.1) is 6.42 Å². The standard InChI is InChI=1S/C34H53N3O4/c1-10-26-18-20-27(21-19-26)30(31(38)35-28-14-12-11-13-15-28)37(25(6)17-16-23(2)3)32(39)29(22-24(4)5)36-33(40)41-34(7,8)9/h1,18-21,23-25,28-30H,11-17,22H2,2-9H3,(H,35,38)(H,36,40). The van der Waals surface area contributed by atoms with Gasteiger partial charge in [0.05, 0.1) is 0 Å². The first-order valence-electron chi connectivity index (χ1n) is 15.4. The van der Waals surface area contributed by atoms with Gasteiger partial charge >= 0.3 is 6.09 Å². The van der Waals surface area contributed by atoms with Crippen molar-refractivity contribution in [3.63, 3.8) is 0 Å².